The number of hydrogen-bond donors (Lipinski definition) is 0. The van der Waals surface area contributed by atoms with Gasteiger partial charge in [0.05, 0.1) is 18.3 Å². The SMILES string of the molecule is CC1(C)Oc2cc(Br)ccc2N(C2CCOC2)C1=O. The second-order valence-corrected chi connectivity index (χ2v) is 6.33. The molecular formula is C14H16BrNO3. The predicted molar refractivity (Wildman–Crippen MR) is 75.6 cm³/mol. The van der Waals surface area contributed by atoms with Gasteiger partial charge in [0.25, 0.3) is 5.91 Å². The zero-order valence-electron chi connectivity index (χ0n) is 11.0. The minimum Gasteiger partial charge on any atom is -0.476 e. The summed E-state index contributed by atoms with van der Waals surface area (Å²) in [6.45, 7) is 4.92. The number of fused-ring (bicyclic) bond motifs is 1. The molecule has 5 heteroatoms. The molecule has 4 nitrogen and oxygen atoms in total. The summed E-state index contributed by atoms with van der Waals surface area (Å²) in [7, 11) is 0. The molecule has 1 unspecified atom stereocenters. The monoisotopic (exact) mass is 325 g/mol. The number of benzene rings is 1. The number of amides is 1. The topological polar surface area (TPSA) is 38.8 Å². The van der Waals surface area contributed by atoms with Gasteiger partial charge in [-0.2, -0.15) is 0 Å². The molecule has 19 heavy (non-hydrogen) atoms. The van der Waals surface area contributed by atoms with Crippen LogP contribution in [0.2, 0.25) is 0 Å². The van der Waals surface area contributed by atoms with Crippen molar-refractivity contribution in [1.29, 1.82) is 0 Å². The van der Waals surface area contributed by atoms with Crippen LogP contribution in [0.25, 0.3) is 0 Å². The Balaban J connectivity index is 2.08. The van der Waals surface area contributed by atoms with Crippen molar-refractivity contribution in [3.05, 3.63) is 22.7 Å². The first-order valence-corrected chi connectivity index (χ1v) is 7.18. The van der Waals surface area contributed by atoms with Crippen LogP contribution in [0.3, 0.4) is 0 Å². The molecule has 1 amide bonds. The van der Waals surface area contributed by atoms with E-state index in [1.807, 2.05) is 36.9 Å². The summed E-state index contributed by atoms with van der Waals surface area (Å²) >= 11 is 3.44. The summed E-state index contributed by atoms with van der Waals surface area (Å²) in [6, 6.07) is 5.86. The lowest BCUT2D eigenvalue weighted by Crippen LogP contribution is -2.56. The smallest absolute Gasteiger partial charge is 0.271 e. The van der Waals surface area contributed by atoms with E-state index in [0.717, 1.165) is 22.3 Å². The Morgan fingerprint density at radius 3 is 2.89 bits per heavy atom. The summed E-state index contributed by atoms with van der Waals surface area (Å²) in [4.78, 5) is 14.5. The maximum absolute atomic E-state index is 12.6. The Morgan fingerprint density at radius 1 is 1.42 bits per heavy atom. The summed E-state index contributed by atoms with van der Waals surface area (Å²) in [5.41, 5.74) is -0.000787. The van der Waals surface area contributed by atoms with E-state index in [-0.39, 0.29) is 11.9 Å². The third kappa shape index (κ3) is 2.15. The fourth-order valence-electron chi connectivity index (χ4n) is 2.57. The van der Waals surface area contributed by atoms with E-state index in [1.54, 1.807) is 0 Å². The first kappa shape index (κ1) is 12.9. The number of rotatable bonds is 1. The van der Waals surface area contributed by atoms with E-state index in [4.69, 9.17) is 9.47 Å². The lowest BCUT2D eigenvalue weighted by molar-refractivity contribution is -0.133. The van der Waals surface area contributed by atoms with Gasteiger partial charge in [0.1, 0.15) is 5.75 Å². The molecule has 2 heterocycles. The average Bonchev–Trinajstić information content (AvgIpc) is 2.84. The Hall–Kier alpha value is -1.07. The Bertz CT molecular complexity index is 523. The molecule has 1 atom stereocenters. The van der Waals surface area contributed by atoms with Gasteiger partial charge in [-0.05, 0) is 38.5 Å². The van der Waals surface area contributed by atoms with Gasteiger partial charge in [-0.25, -0.2) is 0 Å². The number of carbonyl (C=O) groups excluding carboxylic acids is 1. The highest BCUT2D eigenvalue weighted by molar-refractivity contribution is 9.10. The Labute approximate surface area is 120 Å². The van der Waals surface area contributed by atoms with Crippen molar-refractivity contribution in [1.82, 2.24) is 0 Å². The van der Waals surface area contributed by atoms with Gasteiger partial charge in [-0.3, -0.25) is 9.69 Å². The zero-order chi connectivity index (χ0) is 13.6. The van der Waals surface area contributed by atoms with Gasteiger partial charge >= 0.3 is 0 Å². The van der Waals surface area contributed by atoms with Crippen LogP contribution in [0.15, 0.2) is 22.7 Å². The van der Waals surface area contributed by atoms with Crippen LogP contribution in [0.4, 0.5) is 5.69 Å². The van der Waals surface area contributed by atoms with Crippen LogP contribution in [0.5, 0.6) is 5.75 Å². The van der Waals surface area contributed by atoms with E-state index in [9.17, 15) is 4.79 Å². The van der Waals surface area contributed by atoms with Crippen LogP contribution < -0.4 is 9.64 Å². The molecule has 1 aromatic rings. The van der Waals surface area contributed by atoms with Gasteiger partial charge < -0.3 is 9.47 Å². The summed E-state index contributed by atoms with van der Waals surface area (Å²) in [5, 5.41) is 0. The largest absolute Gasteiger partial charge is 0.476 e. The minimum absolute atomic E-state index is 0.00202. The highest BCUT2D eigenvalue weighted by Crippen LogP contribution is 2.41. The number of hydrogen-bond acceptors (Lipinski definition) is 3. The molecule has 2 aliphatic rings. The quantitative estimate of drug-likeness (QED) is 0.797. The molecule has 0 spiro atoms. The molecule has 0 N–H and O–H groups in total. The van der Waals surface area contributed by atoms with Crippen LogP contribution in [0.1, 0.15) is 20.3 Å². The molecule has 1 aromatic carbocycles. The van der Waals surface area contributed by atoms with Crippen molar-refractivity contribution in [3.63, 3.8) is 0 Å². The van der Waals surface area contributed by atoms with Gasteiger partial charge in [-0.1, -0.05) is 15.9 Å². The molecule has 2 aliphatic heterocycles. The number of anilines is 1. The number of halogens is 1. The third-order valence-corrected chi connectivity index (χ3v) is 4.04. The predicted octanol–water partition coefficient (Wildman–Crippen LogP) is 2.74. The van der Waals surface area contributed by atoms with Gasteiger partial charge in [-0.15, -0.1) is 0 Å². The number of nitrogens with zero attached hydrogens (tertiary/aromatic N) is 1. The average molecular weight is 326 g/mol. The summed E-state index contributed by atoms with van der Waals surface area (Å²) in [5.74, 6) is 0.740. The van der Waals surface area contributed by atoms with E-state index >= 15 is 0 Å². The molecule has 3 rings (SSSR count). The Kier molecular flexibility index (Phi) is 3.06. The maximum Gasteiger partial charge on any atom is 0.271 e. The van der Waals surface area contributed by atoms with Crippen LogP contribution in [0, 0.1) is 0 Å². The van der Waals surface area contributed by atoms with E-state index in [2.05, 4.69) is 15.9 Å². The van der Waals surface area contributed by atoms with Crippen molar-refractivity contribution in [2.24, 2.45) is 0 Å². The molecule has 102 valence electrons. The van der Waals surface area contributed by atoms with Crippen LogP contribution in [-0.2, 0) is 9.53 Å². The van der Waals surface area contributed by atoms with Gasteiger partial charge in [0, 0.05) is 11.1 Å². The van der Waals surface area contributed by atoms with E-state index < -0.39 is 5.60 Å². The van der Waals surface area contributed by atoms with Crippen molar-refractivity contribution in [2.45, 2.75) is 31.9 Å². The minimum atomic E-state index is -0.837. The maximum atomic E-state index is 12.6. The lowest BCUT2D eigenvalue weighted by atomic mass is 10.0. The summed E-state index contributed by atoms with van der Waals surface area (Å²) in [6.07, 6.45) is 0.872. The highest BCUT2D eigenvalue weighted by atomic mass is 79.9. The molecular weight excluding hydrogens is 310 g/mol. The van der Waals surface area contributed by atoms with Crippen LogP contribution >= 0.6 is 15.9 Å². The third-order valence-electron chi connectivity index (χ3n) is 3.55. The molecule has 0 saturated carbocycles. The van der Waals surface area contributed by atoms with Gasteiger partial charge in [0.15, 0.2) is 5.60 Å². The second kappa shape index (κ2) is 4.49. The highest BCUT2D eigenvalue weighted by Gasteiger charge is 2.44. The standard InChI is InChI=1S/C14H16BrNO3/c1-14(2)13(17)16(10-5-6-18-8-10)11-4-3-9(15)7-12(11)19-14/h3-4,7,10H,5-6,8H2,1-2H3. The fourth-order valence-corrected chi connectivity index (χ4v) is 2.92. The molecule has 0 radical (unpaired) electrons. The number of carbonyl (C=O) groups is 1. The van der Waals surface area contributed by atoms with E-state index in [1.165, 1.54) is 0 Å². The lowest BCUT2D eigenvalue weighted by Gasteiger charge is -2.41. The first-order valence-electron chi connectivity index (χ1n) is 6.39. The van der Waals surface area contributed by atoms with Crippen molar-refractivity contribution in [2.75, 3.05) is 18.1 Å². The Morgan fingerprint density at radius 2 is 2.21 bits per heavy atom. The summed E-state index contributed by atoms with van der Waals surface area (Å²) < 4.78 is 12.2. The molecule has 1 fully saturated rings. The van der Waals surface area contributed by atoms with Crippen molar-refractivity contribution >= 4 is 27.5 Å². The zero-order valence-corrected chi connectivity index (χ0v) is 12.6. The van der Waals surface area contributed by atoms with E-state index in [0.29, 0.717) is 13.2 Å². The van der Waals surface area contributed by atoms with Gasteiger partial charge in [0.2, 0.25) is 0 Å². The van der Waals surface area contributed by atoms with Crippen LogP contribution in [-0.4, -0.2) is 30.8 Å². The van der Waals surface area contributed by atoms with Crippen molar-refractivity contribution in [3.8, 4) is 5.75 Å². The normalized spacial score (nSPS) is 25.1. The molecule has 1 saturated heterocycles. The van der Waals surface area contributed by atoms with Crippen molar-refractivity contribution < 1.29 is 14.3 Å². The molecule has 0 aromatic heterocycles. The number of ether oxygens (including phenoxy) is 2. The molecule has 0 aliphatic carbocycles. The molecule has 0 bridgehead atoms. The first-order chi connectivity index (χ1) is 8.99. The second-order valence-electron chi connectivity index (χ2n) is 5.42. The fraction of sp³-hybridized carbons (Fsp3) is 0.500.